The molecule has 0 fully saturated rings. The largest absolute Gasteiger partial charge is 0.319 e. The van der Waals surface area contributed by atoms with Crippen LogP contribution in [0.15, 0.2) is 29.6 Å². The summed E-state index contributed by atoms with van der Waals surface area (Å²) in [5.41, 5.74) is 2.61. The van der Waals surface area contributed by atoms with Crippen molar-refractivity contribution < 1.29 is 0 Å². The van der Waals surface area contributed by atoms with Crippen LogP contribution in [-0.4, -0.2) is 18.6 Å². The van der Waals surface area contributed by atoms with Gasteiger partial charge in [-0.1, -0.05) is 44.5 Å². The summed E-state index contributed by atoms with van der Waals surface area (Å²) < 4.78 is 0. The first-order valence-corrected chi connectivity index (χ1v) is 8.51. The fourth-order valence-electron chi connectivity index (χ4n) is 2.25. The Balaban J connectivity index is 2.16. The molecular formula is C17H23ClN2S. The molecule has 0 saturated heterocycles. The maximum Gasteiger partial charge on any atom is 0.0935 e. The van der Waals surface area contributed by atoms with Crippen molar-refractivity contribution in [3.05, 3.63) is 50.9 Å². The number of hydrogen-bond acceptors (Lipinski definition) is 3. The van der Waals surface area contributed by atoms with Gasteiger partial charge in [0.25, 0.3) is 0 Å². The van der Waals surface area contributed by atoms with Crippen molar-refractivity contribution >= 4 is 22.9 Å². The van der Waals surface area contributed by atoms with Crippen LogP contribution < -0.4 is 5.32 Å². The molecule has 0 spiro atoms. The number of likely N-dealkylation sites (N-methyl/N-ethyl adjacent to an activating group) is 1. The minimum atomic E-state index is 0.119. The molecule has 1 N–H and O–H groups in total. The molecule has 0 bridgehead atoms. The van der Waals surface area contributed by atoms with E-state index in [1.54, 1.807) is 11.3 Å². The Labute approximate surface area is 136 Å². The van der Waals surface area contributed by atoms with Crippen molar-refractivity contribution in [3.63, 3.8) is 0 Å². The lowest BCUT2D eigenvalue weighted by Crippen LogP contribution is -2.19. The van der Waals surface area contributed by atoms with Crippen LogP contribution in [0.3, 0.4) is 0 Å². The second-order valence-electron chi connectivity index (χ2n) is 6.39. The van der Waals surface area contributed by atoms with Crippen LogP contribution in [0.5, 0.6) is 0 Å². The molecule has 0 aliphatic rings. The first-order chi connectivity index (χ1) is 9.90. The van der Waals surface area contributed by atoms with Crippen molar-refractivity contribution in [2.24, 2.45) is 0 Å². The molecule has 0 aliphatic heterocycles. The Morgan fingerprint density at radius 1 is 1.24 bits per heavy atom. The van der Waals surface area contributed by atoms with Gasteiger partial charge in [-0.2, -0.15) is 0 Å². The quantitative estimate of drug-likeness (QED) is 0.867. The molecule has 1 aromatic carbocycles. The average molecular weight is 323 g/mol. The number of nitrogens with one attached hydrogen (secondary N) is 1. The molecular weight excluding hydrogens is 300 g/mol. The molecule has 0 saturated carbocycles. The van der Waals surface area contributed by atoms with Crippen LogP contribution in [0, 0.1) is 0 Å². The zero-order valence-electron chi connectivity index (χ0n) is 13.1. The molecule has 2 aromatic rings. The molecule has 2 rings (SSSR count). The highest BCUT2D eigenvalue weighted by Gasteiger charge is 2.19. The third kappa shape index (κ3) is 4.53. The molecule has 0 radical (unpaired) electrons. The summed E-state index contributed by atoms with van der Waals surface area (Å²) in [6.07, 6.45) is 0.962. The maximum atomic E-state index is 5.98. The number of benzene rings is 1. The molecule has 4 heteroatoms. The lowest BCUT2D eigenvalue weighted by molar-refractivity contribution is 0.566. The Kier molecular flexibility index (Phi) is 5.42. The molecule has 1 aromatic heterocycles. The highest BCUT2D eigenvalue weighted by Crippen LogP contribution is 2.28. The van der Waals surface area contributed by atoms with Gasteiger partial charge >= 0.3 is 0 Å². The van der Waals surface area contributed by atoms with Crippen molar-refractivity contribution in [2.45, 2.75) is 38.5 Å². The molecule has 0 aliphatic carbocycles. The summed E-state index contributed by atoms with van der Waals surface area (Å²) in [6.45, 7) is 7.55. The van der Waals surface area contributed by atoms with E-state index in [2.05, 4.69) is 43.6 Å². The number of nitrogens with zero attached hydrogens (tertiary/aromatic N) is 1. The summed E-state index contributed by atoms with van der Waals surface area (Å²) in [7, 11) is 1.99. The number of halogens is 1. The van der Waals surface area contributed by atoms with Gasteiger partial charge in [0.05, 0.1) is 10.7 Å². The van der Waals surface area contributed by atoms with E-state index in [1.165, 1.54) is 16.3 Å². The molecule has 0 amide bonds. The van der Waals surface area contributed by atoms with Gasteiger partial charge in [-0.05, 0) is 24.7 Å². The van der Waals surface area contributed by atoms with Gasteiger partial charge in [0.15, 0.2) is 0 Å². The third-order valence-corrected chi connectivity index (χ3v) is 4.66. The standard InChI is InChI=1S/C17H23ClN2S/c1-17(2,3)15-11-21-16(20-15)9-13(10-19-4)12-5-7-14(18)8-6-12/h5-8,11,13,19H,9-10H2,1-4H3. The van der Waals surface area contributed by atoms with Gasteiger partial charge in [0, 0.05) is 34.7 Å². The van der Waals surface area contributed by atoms with Crippen LogP contribution in [0.25, 0.3) is 0 Å². The van der Waals surface area contributed by atoms with Gasteiger partial charge < -0.3 is 5.32 Å². The average Bonchev–Trinajstić information content (AvgIpc) is 2.88. The van der Waals surface area contributed by atoms with Crippen molar-refractivity contribution in [2.75, 3.05) is 13.6 Å². The van der Waals surface area contributed by atoms with Crippen LogP contribution in [-0.2, 0) is 11.8 Å². The molecule has 2 nitrogen and oxygen atoms in total. The van der Waals surface area contributed by atoms with E-state index in [0.717, 1.165) is 18.0 Å². The molecule has 114 valence electrons. The predicted molar refractivity (Wildman–Crippen MR) is 92.6 cm³/mol. The number of aromatic nitrogens is 1. The summed E-state index contributed by atoms with van der Waals surface area (Å²) in [4.78, 5) is 4.81. The van der Waals surface area contributed by atoms with Gasteiger partial charge in [0.1, 0.15) is 0 Å². The van der Waals surface area contributed by atoms with Crippen LogP contribution in [0.1, 0.15) is 43.0 Å². The van der Waals surface area contributed by atoms with Gasteiger partial charge in [0.2, 0.25) is 0 Å². The third-order valence-electron chi connectivity index (χ3n) is 3.53. The number of thiazole rings is 1. The van der Waals surface area contributed by atoms with Crippen LogP contribution in [0.4, 0.5) is 0 Å². The number of rotatable bonds is 5. The van der Waals surface area contributed by atoms with E-state index >= 15 is 0 Å². The predicted octanol–water partition coefficient (Wildman–Crippen LogP) is 4.64. The van der Waals surface area contributed by atoms with E-state index < -0.39 is 0 Å². The summed E-state index contributed by atoms with van der Waals surface area (Å²) in [5, 5.41) is 7.46. The van der Waals surface area contributed by atoms with Gasteiger partial charge in [-0.3, -0.25) is 0 Å². The Morgan fingerprint density at radius 3 is 2.43 bits per heavy atom. The molecule has 1 heterocycles. The summed E-state index contributed by atoms with van der Waals surface area (Å²) in [5.74, 6) is 0.422. The first kappa shape index (κ1) is 16.5. The maximum absolute atomic E-state index is 5.98. The van der Waals surface area contributed by atoms with Crippen LogP contribution in [0.2, 0.25) is 5.02 Å². The van der Waals surface area contributed by atoms with Crippen molar-refractivity contribution in [1.29, 1.82) is 0 Å². The lowest BCUT2D eigenvalue weighted by atomic mass is 9.93. The summed E-state index contributed by atoms with van der Waals surface area (Å²) in [6, 6.07) is 8.15. The Bertz CT molecular complexity index is 569. The second kappa shape index (κ2) is 6.91. The SMILES string of the molecule is CNCC(Cc1nc(C(C)(C)C)cs1)c1ccc(Cl)cc1. The minimum Gasteiger partial charge on any atom is -0.319 e. The van der Waals surface area contributed by atoms with Gasteiger partial charge in [-0.15, -0.1) is 11.3 Å². The Morgan fingerprint density at radius 2 is 1.90 bits per heavy atom. The monoisotopic (exact) mass is 322 g/mol. The van der Waals surface area contributed by atoms with E-state index in [-0.39, 0.29) is 5.41 Å². The highest BCUT2D eigenvalue weighted by atomic mass is 35.5. The molecule has 1 atom stereocenters. The Hall–Kier alpha value is -0.900. The van der Waals surface area contributed by atoms with E-state index in [9.17, 15) is 0 Å². The zero-order valence-corrected chi connectivity index (χ0v) is 14.7. The zero-order chi connectivity index (χ0) is 15.5. The fourth-order valence-corrected chi connectivity index (χ4v) is 3.48. The van der Waals surface area contributed by atoms with E-state index in [1.807, 2.05) is 19.2 Å². The lowest BCUT2D eigenvalue weighted by Gasteiger charge is -2.17. The molecule has 1 unspecified atom stereocenters. The smallest absolute Gasteiger partial charge is 0.0935 e. The number of hydrogen-bond donors (Lipinski definition) is 1. The molecule has 21 heavy (non-hydrogen) atoms. The van der Waals surface area contributed by atoms with Gasteiger partial charge in [-0.25, -0.2) is 4.98 Å². The second-order valence-corrected chi connectivity index (χ2v) is 7.77. The normalized spacial score (nSPS) is 13.4. The van der Waals surface area contributed by atoms with Crippen LogP contribution >= 0.6 is 22.9 Å². The van der Waals surface area contributed by atoms with Crippen molar-refractivity contribution in [1.82, 2.24) is 10.3 Å². The highest BCUT2D eigenvalue weighted by molar-refractivity contribution is 7.09. The topological polar surface area (TPSA) is 24.9 Å². The summed E-state index contributed by atoms with van der Waals surface area (Å²) >= 11 is 7.74. The van der Waals surface area contributed by atoms with E-state index in [0.29, 0.717) is 5.92 Å². The van der Waals surface area contributed by atoms with E-state index in [4.69, 9.17) is 16.6 Å². The van der Waals surface area contributed by atoms with Crippen molar-refractivity contribution in [3.8, 4) is 0 Å². The fraction of sp³-hybridized carbons (Fsp3) is 0.471. The first-order valence-electron chi connectivity index (χ1n) is 7.25. The minimum absolute atomic E-state index is 0.119.